The summed E-state index contributed by atoms with van der Waals surface area (Å²) in [5.41, 5.74) is -0.869. The summed E-state index contributed by atoms with van der Waals surface area (Å²) in [4.78, 5) is 13.0. The van der Waals surface area contributed by atoms with Gasteiger partial charge in [0, 0.05) is 22.2 Å². The summed E-state index contributed by atoms with van der Waals surface area (Å²) in [5.74, 6) is 0. The molecule has 6 heteroatoms. The number of hydrogen-bond acceptors (Lipinski definition) is 6. The van der Waals surface area contributed by atoms with Gasteiger partial charge in [0.2, 0.25) is 0 Å². The van der Waals surface area contributed by atoms with Crippen LogP contribution in [0, 0.1) is 0 Å². The minimum Gasteiger partial charge on any atom is -0.393 e. The molecule has 1 aliphatic carbocycles. The average molecular weight is 425 g/mol. The predicted octanol–water partition coefficient (Wildman–Crippen LogP) is 3.96. The van der Waals surface area contributed by atoms with Gasteiger partial charge in [0.15, 0.2) is 0 Å². The SMILES string of the molecule is CC1(C)CC(O)CC(C)(C)N1OC1C=CC(ON2C(C)(C)CC(O)CC2(C)C)CC1. The van der Waals surface area contributed by atoms with Crippen molar-refractivity contribution in [3.8, 4) is 0 Å². The first-order valence-corrected chi connectivity index (χ1v) is 11.6. The molecule has 2 aliphatic heterocycles. The van der Waals surface area contributed by atoms with Crippen molar-refractivity contribution < 1.29 is 19.9 Å². The van der Waals surface area contributed by atoms with Gasteiger partial charge in [-0.2, -0.15) is 10.1 Å². The molecule has 2 fully saturated rings. The lowest BCUT2D eigenvalue weighted by Gasteiger charge is -2.54. The van der Waals surface area contributed by atoms with E-state index < -0.39 is 0 Å². The van der Waals surface area contributed by atoms with Crippen molar-refractivity contribution in [1.82, 2.24) is 10.1 Å². The molecule has 2 unspecified atom stereocenters. The highest BCUT2D eigenvalue weighted by Gasteiger charge is 2.48. The van der Waals surface area contributed by atoms with Gasteiger partial charge in [-0.1, -0.05) is 12.2 Å². The van der Waals surface area contributed by atoms with Crippen molar-refractivity contribution in [2.45, 2.75) is 140 Å². The number of nitrogens with zero attached hydrogens (tertiary/aromatic N) is 2. The Morgan fingerprint density at radius 2 is 0.867 bits per heavy atom. The van der Waals surface area contributed by atoms with Gasteiger partial charge in [-0.3, -0.25) is 9.68 Å². The molecule has 174 valence electrons. The highest BCUT2D eigenvalue weighted by Crippen LogP contribution is 2.41. The number of aliphatic hydroxyl groups is 2. The lowest BCUT2D eigenvalue weighted by atomic mass is 9.80. The number of aliphatic hydroxyl groups excluding tert-OH is 2. The van der Waals surface area contributed by atoms with Crippen LogP contribution in [0.1, 0.15) is 93.9 Å². The van der Waals surface area contributed by atoms with Crippen LogP contribution in [0.4, 0.5) is 0 Å². The fourth-order valence-electron chi connectivity index (χ4n) is 6.21. The normalized spacial score (nSPS) is 34.9. The Balaban J connectivity index is 1.64. The Bertz CT molecular complexity index is 553. The summed E-state index contributed by atoms with van der Waals surface area (Å²) >= 11 is 0. The first-order chi connectivity index (χ1) is 13.6. The Kier molecular flexibility index (Phi) is 6.54. The molecule has 2 saturated heterocycles. The predicted molar refractivity (Wildman–Crippen MR) is 119 cm³/mol. The van der Waals surface area contributed by atoms with Crippen LogP contribution >= 0.6 is 0 Å². The second-order valence-electron chi connectivity index (χ2n) is 12.2. The van der Waals surface area contributed by atoms with Crippen molar-refractivity contribution in [3.63, 3.8) is 0 Å². The van der Waals surface area contributed by atoms with Crippen molar-refractivity contribution in [2.75, 3.05) is 0 Å². The van der Waals surface area contributed by atoms with Gasteiger partial charge in [0.05, 0.1) is 24.4 Å². The van der Waals surface area contributed by atoms with Crippen molar-refractivity contribution in [3.05, 3.63) is 12.2 Å². The van der Waals surface area contributed by atoms with Gasteiger partial charge in [-0.25, -0.2) is 0 Å². The van der Waals surface area contributed by atoms with Crippen LogP contribution in [0.3, 0.4) is 0 Å². The molecular weight excluding hydrogens is 380 g/mol. The van der Waals surface area contributed by atoms with E-state index in [1.54, 1.807) is 0 Å². The average Bonchev–Trinajstić information content (AvgIpc) is 2.53. The highest BCUT2D eigenvalue weighted by molar-refractivity contribution is 5.04. The van der Waals surface area contributed by atoms with Crippen molar-refractivity contribution in [2.24, 2.45) is 0 Å². The van der Waals surface area contributed by atoms with Crippen LogP contribution in [0.5, 0.6) is 0 Å². The quantitative estimate of drug-likeness (QED) is 0.666. The number of hydroxylamine groups is 4. The lowest BCUT2D eigenvalue weighted by Crippen LogP contribution is -2.63. The second-order valence-corrected chi connectivity index (χ2v) is 12.2. The molecule has 3 rings (SSSR count). The third kappa shape index (κ3) is 5.11. The fourth-order valence-corrected chi connectivity index (χ4v) is 6.21. The van der Waals surface area contributed by atoms with Crippen LogP contribution < -0.4 is 0 Å². The molecule has 30 heavy (non-hydrogen) atoms. The topological polar surface area (TPSA) is 65.4 Å². The molecule has 0 amide bonds. The number of hydrogen-bond donors (Lipinski definition) is 2. The Morgan fingerprint density at radius 1 is 0.600 bits per heavy atom. The third-order valence-electron chi connectivity index (χ3n) is 6.90. The van der Waals surface area contributed by atoms with Gasteiger partial charge in [-0.05, 0) is 93.9 Å². The standard InChI is InChI=1S/C24H44N2O4/c1-21(2)13-17(27)14-22(3,4)25(21)29-19-9-11-20(12-10-19)30-26-23(5,6)15-18(28)16-24(26,7)8/h9,11,17-20,27-28H,10,12-16H2,1-8H3. The molecule has 0 radical (unpaired) electrons. The van der Waals surface area contributed by atoms with E-state index >= 15 is 0 Å². The first-order valence-electron chi connectivity index (χ1n) is 11.6. The molecule has 0 bridgehead atoms. The minimum absolute atomic E-state index is 0.0165. The van der Waals surface area contributed by atoms with Crippen molar-refractivity contribution in [1.29, 1.82) is 0 Å². The van der Waals surface area contributed by atoms with Crippen LogP contribution in [0.15, 0.2) is 12.2 Å². The van der Waals surface area contributed by atoms with E-state index in [1.165, 1.54) is 0 Å². The molecular formula is C24H44N2O4. The smallest absolute Gasteiger partial charge is 0.0976 e. The van der Waals surface area contributed by atoms with E-state index in [2.05, 4.69) is 77.7 Å². The fraction of sp³-hybridized carbons (Fsp3) is 0.917. The number of rotatable bonds is 4. The molecule has 0 aromatic heterocycles. The van der Waals surface area contributed by atoms with Crippen LogP contribution in [-0.2, 0) is 9.68 Å². The molecule has 0 saturated carbocycles. The van der Waals surface area contributed by atoms with Gasteiger partial charge < -0.3 is 10.2 Å². The largest absolute Gasteiger partial charge is 0.393 e. The van der Waals surface area contributed by atoms with Gasteiger partial charge in [0.25, 0.3) is 0 Å². The Labute approximate surface area is 183 Å². The van der Waals surface area contributed by atoms with Gasteiger partial charge >= 0.3 is 0 Å². The molecule has 0 aromatic rings. The van der Waals surface area contributed by atoms with E-state index in [0.29, 0.717) is 25.7 Å². The van der Waals surface area contributed by atoms with E-state index in [0.717, 1.165) is 12.8 Å². The summed E-state index contributed by atoms with van der Waals surface area (Å²) in [6.45, 7) is 17.1. The molecule has 0 spiro atoms. The number of piperidine rings is 2. The van der Waals surface area contributed by atoms with Crippen LogP contribution in [-0.4, -0.2) is 66.9 Å². The van der Waals surface area contributed by atoms with E-state index in [4.69, 9.17) is 9.68 Å². The molecule has 0 aromatic carbocycles. The molecule has 3 aliphatic rings. The summed E-state index contributed by atoms with van der Waals surface area (Å²) in [6.07, 6.45) is 8.35. The Morgan fingerprint density at radius 3 is 1.10 bits per heavy atom. The van der Waals surface area contributed by atoms with E-state index in [9.17, 15) is 10.2 Å². The third-order valence-corrected chi connectivity index (χ3v) is 6.90. The molecule has 2 N–H and O–H groups in total. The summed E-state index contributed by atoms with van der Waals surface area (Å²) in [6, 6.07) is 0. The zero-order valence-electron chi connectivity index (χ0n) is 20.3. The maximum absolute atomic E-state index is 10.3. The zero-order chi connectivity index (χ0) is 22.5. The van der Waals surface area contributed by atoms with E-state index in [1.807, 2.05) is 0 Å². The maximum atomic E-state index is 10.3. The monoisotopic (exact) mass is 424 g/mol. The van der Waals surface area contributed by atoms with Crippen molar-refractivity contribution >= 4 is 0 Å². The molecule has 2 heterocycles. The lowest BCUT2D eigenvalue weighted by molar-refractivity contribution is -0.318. The molecule has 6 nitrogen and oxygen atoms in total. The highest BCUT2D eigenvalue weighted by atomic mass is 16.7. The second kappa shape index (κ2) is 8.13. The summed E-state index contributed by atoms with van der Waals surface area (Å²) in [7, 11) is 0. The van der Waals surface area contributed by atoms with Gasteiger partial charge in [0.1, 0.15) is 0 Å². The van der Waals surface area contributed by atoms with Crippen LogP contribution in [0.2, 0.25) is 0 Å². The minimum atomic E-state index is -0.288. The van der Waals surface area contributed by atoms with Gasteiger partial charge in [-0.15, -0.1) is 0 Å². The maximum Gasteiger partial charge on any atom is 0.0976 e. The Hall–Kier alpha value is -0.500. The molecule has 2 atom stereocenters. The first kappa shape index (κ1) is 24.1. The van der Waals surface area contributed by atoms with E-state index in [-0.39, 0.29) is 46.6 Å². The van der Waals surface area contributed by atoms with Crippen LogP contribution in [0.25, 0.3) is 0 Å². The summed E-state index contributed by atoms with van der Waals surface area (Å²) < 4.78 is 0. The zero-order valence-corrected chi connectivity index (χ0v) is 20.3. The summed E-state index contributed by atoms with van der Waals surface area (Å²) in [5, 5.41) is 24.7.